The van der Waals surface area contributed by atoms with Gasteiger partial charge in [-0.3, -0.25) is 4.79 Å². The first-order valence-electron chi connectivity index (χ1n) is 6.47. The molecule has 0 aromatic rings. The summed E-state index contributed by atoms with van der Waals surface area (Å²) in [6, 6.07) is 1.16. The van der Waals surface area contributed by atoms with Crippen LogP contribution in [-0.2, 0) is 4.79 Å². The molecule has 0 aromatic heterocycles. The first kappa shape index (κ1) is 10.9. The molecule has 2 saturated heterocycles. The van der Waals surface area contributed by atoms with E-state index in [1.54, 1.807) is 0 Å². The van der Waals surface area contributed by atoms with Gasteiger partial charge >= 0.3 is 0 Å². The van der Waals surface area contributed by atoms with Crippen molar-refractivity contribution in [3.05, 3.63) is 0 Å². The van der Waals surface area contributed by atoms with E-state index in [2.05, 4.69) is 10.2 Å². The maximum Gasteiger partial charge on any atom is 0.228 e. The topological polar surface area (TPSA) is 32.3 Å². The van der Waals surface area contributed by atoms with Crippen LogP contribution in [0.5, 0.6) is 0 Å². The zero-order chi connectivity index (χ0) is 11.0. The van der Waals surface area contributed by atoms with E-state index < -0.39 is 0 Å². The predicted molar refractivity (Wildman–Crippen MR) is 66.6 cm³/mol. The molecule has 2 heterocycles. The Morgan fingerprint density at radius 1 is 1.06 bits per heavy atom. The predicted octanol–water partition coefficient (Wildman–Crippen LogP) is 1.09. The van der Waals surface area contributed by atoms with Gasteiger partial charge < -0.3 is 10.2 Å². The summed E-state index contributed by atoms with van der Waals surface area (Å²) in [6.07, 6.45) is 4.92. The quantitative estimate of drug-likeness (QED) is 0.801. The molecule has 1 saturated carbocycles. The van der Waals surface area contributed by atoms with Gasteiger partial charge in [-0.2, -0.15) is 11.8 Å². The summed E-state index contributed by atoms with van der Waals surface area (Å²) in [5.41, 5.74) is 0. The molecule has 1 N–H and O–H groups in total. The minimum absolute atomic E-state index is 0.287. The van der Waals surface area contributed by atoms with E-state index in [-0.39, 0.29) is 5.92 Å². The number of carbonyl (C=O) groups excluding carboxylic acids is 1. The fraction of sp³-hybridized carbons (Fsp3) is 0.917. The van der Waals surface area contributed by atoms with Gasteiger partial charge in [-0.1, -0.05) is 0 Å². The molecule has 1 amide bonds. The van der Waals surface area contributed by atoms with Crippen LogP contribution in [0.3, 0.4) is 0 Å². The number of hydrogen-bond acceptors (Lipinski definition) is 3. The summed E-state index contributed by atoms with van der Waals surface area (Å²) in [7, 11) is 0. The Morgan fingerprint density at radius 2 is 1.69 bits per heavy atom. The summed E-state index contributed by atoms with van der Waals surface area (Å²) in [6.45, 7) is 1.81. The number of hydrogen-bond donors (Lipinski definition) is 1. The minimum atomic E-state index is 0.287. The van der Waals surface area contributed by atoms with E-state index >= 15 is 0 Å². The zero-order valence-corrected chi connectivity index (χ0v) is 10.5. The van der Waals surface area contributed by atoms with Crippen LogP contribution < -0.4 is 5.32 Å². The molecule has 4 heteroatoms. The maximum atomic E-state index is 12.4. The van der Waals surface area contributed by atoms with E-state index in [9.17, 15) is 4.79 Å². The molecule has 3 rings (SSSR count). The standard InChI is InChI=1S/C12H20N2OS/c15-12(9-7-13-8-9)14(10-1-2-10)11-3-5-16-6-4-11/h9-11,13H,1-8H2. The van der Waals surface area contributed by atoms with Crippen molar-refractivity contribution in [2.24, 2.45) is 5.92 Å². The molecular formula is C12H20N2OS. The lowest BCUT2D eigenvalue weighted by Gasteiger charge is -2.39. The summed E-state index contributed by atoms with van der Waals surface area (Å²) < 4.78 is 0. The lowest BCUT2D eigenvalue weighted by atomic mass is 9.99. The van der Waals surface area contributed by atoms with Crippen LogP contribution in [-0.4, -0.2) is 47.5 Å². The van der Waals surface area contributed by atoms with Crippen LogP contribution in [0.1, 0.15) is 25.7 Å². The highest BCUT2D eigenvalue weighted by Gasteiger charge is 2.41. The first-order valence-corrected chi connectivity index (χ1v) is 7.62. The molecule has 16 heavy (non-hydrogen) atoms. The number of carbonyl (C=O) groups is 1. The average Bonchev–Trinajstić information content (AvgIpc) is 3.01. The third-order valence-electron chi connectivity index (χ3n) is 3.91. The Kier molecular flexibility index (Phi) is 3.11. The molecule has 0 radical (unpaired) electrons. The summed E-state index contributed by atoms with van der Waals surface area (Å²) in [5.74, 6) is 3.21. The number of thioether (sulfide) groups is 1. The van der Waals surface area contributed by atoms with Gasteiger partial charge in [0.25, 0.3) is 0 Å². The van der Waals surface area contributed by atoms with Gasteiger partial charge in [-0.25, -0.2) is 0 Å². The first-order chi connectivity index (χ1) is 7.86. The second kappa shape index (κ2) is 4.57. The lowest BCUT2D eigenvalue weighted by Crippen LogP contribution is -2.55. The van der Waals surface area contributed by atoms with Crippen LogP contribution in [0.4, 0.5) is 0 Å². The fourth-order valence-electron chi connectivity index (χ4n) is 2.65. The molecular weight excluding hydrogens is 220 g/mol. The Hall–Kier alpha value is -0.220. The molecule has 3 aliphatic rings. The van der Waals surface area contributed by atoms with Gasteiger partial charge in [0.15, 0.2) is 0 Å². The van der Waals surface area contributed by atoms with Gasteiger partial charge in [0.05, 0.1) is 5.92 Å². The highest BCUT2D eigenvalue weighted by atomic mass is 32.2. The van der Waals surface area contributed by atoms with Gasteiger partial charge in [0, 0.05) is 25.2 Å². The number of nitrogens with one attached hydrogen (secondary N) is 1. The molecule has 1 aliphatic carbocycles. The van der Waals surface area contributed by atoms with Crippen molar-refractivity contribution >= 4 is 17.7 Å². The second-order valence-electron chi connectivity index (χ2n) is 5.18. The van der Waals surface area contributed by atoms with Crippen LogP contribution in [0.15, 0.2) is 0 Å². The molecule has 2 aliphatic heterocycles. The third kappa shape index (κ3) is 2.09. The molecule has 3 fully saturated rings. The van der Waals surface area contributed by atoms with Gasteiger partial charge in [-0.15, -0.1) is 0 Å². The van der Waals surface area contributed by atoms with Gasteiger partial charge in [0.1, 0.15) is 0 Å². The molecule has 0 aromatic carbocycles. The van der Waals surface area contributed by atoms with Crippen LogP contribution >= 0.6 is 11.8 Å². The van der Waals surface area contributed by atoms with Crippen LogP contribution in [0.2, 0.25) is 0 Å². The van der Waals surface area contributed by atoms with Crippen molar-refractivity contribution in [3.8, 4) is 0 Å². The number of rotatable bonds is 3. The van der Waals surface area contributed by atoms with Crippen molar-refractivity contribution in [1.29, 1.82) is 0 Å². The Morgan fingerprint density at radius 3 is 2.19 bits per heavy atom. The van der Waals surface area contributed by atoms with Gasteiger partial charge in [-0.05, 0) is 37.2 Å². The minimum Gasteiger partial charge on any atom is -0.336 e. The maximum absolute atomic E-state index is 12.4. The third-order valence-corrected chi connectivity index (χ3v) is 4.96. The SMILES string of the molecule is O=C(C1CNC1)N(C1CCSCC1)C1CC1. The van der Waals surface area contributed by atoms with Crippen molar-refractivity contribution in [3.63, 3.8) is 0 Å². The highest BCUT2D eigenvalue weighted by Crippen LogP contribution is 2.34. The number of amides is 1. The molecule has 0 atom stereocenters. The van der Waals surface area contributed by atoms with E-state index in [0.29, 0.717) is 18.0 Å². The van der Waals surface area contributed by atoms with Crippen molar-refractivity contribution < 1.29 is 4.79 Å². The molecule has 0 spiro atoms. The highest BCUT2D eigenvalue weighted by molar-refractivity contribution is 7.99. The average molecular weight is 240 g/mol. The van der Waals surface area contributed by atoms with E-state index in [0.717, 1.165) is 13.1 Å². The number of nitrogens with zero attached hydrogens (tertiary/aromatic N) is 1. The Balaban J connectivity index is 1.66. The zero-order valence-electron chi connectivity index (χ0n) is 9.65. The molecule has 90 valence electrons. The Labute approximate surface area is 101 Å². The lowest BCUT2D eigenvalue weighted by molar-refractivity contribution is -0.140. The van der Waals surface area contributed by atoms with Crippen molar-refractivity contribution in [2.75, 3.05) is 24.6 Å². The second-order valence-corrected chi connectivity index (χ2v) is 6.40. The monoisotopic (exact) mass is 240 g/mol. The fourth-order valence-corrected chi connectivity index (χ4v) is 3.73. The largest absolute Gasteiger partial charge is 0.336 e. The van der Waals surface area contributed by atoms with E-state index in [1.165, 1.54) is 37.2 Å². The molecule has 3 nitrogen and oxygen atoms in total. The van der Waals surface area contributed by atoms with Crippen molar-refractivity contribution in [1.82, 2.24) is 10.2 Å². The van der Waals surface area contributed by atoms with Crippen LogP contribution in [0.25, 0.3) is 0 Å². The Bertz CT molecular complexity index is 270. The van der Waals surface area contributed by atoms with E-state index in [1.807, 2.05) is 11.8 Å². The normalized spacial score (nSPS) is 27.5. The van der Waals surface area contributed by atoms with Gasteiger partial charge in [0.2, 0.25) is 5.91 Å². The summed E-state index contributed by atoms with van der Waals surface area (Å²) in [4.78, 5) is 14.7. The van der Waals surface area contributed by atoms with E-state index in [4.69, 9.17) is 0 Å². The molecule has 0 unspecified atom stereocenters. The smallest absolute Gasteiger partial charge is 0.228 e. The van der Waals surface area contributed by atoms with Crippen molar-refractivity contribution in [2.45, 2.75) is 37.8 Å². The summed E-state index contributed by atoms with van der Waals surface area (Å²) >= 11 is 2.04. The molecule has 0 bridgehead atoms. The summed E-state index contributed by atoms with van der Waals surface area (Å²) in [5, 5.41) is 3.21. The van der Waals surface area contributed by atoms with Crippen LogP contribution in [0, 0.1) is 5.92 Å².